The molecule has 0 fully saturated rings. The highest BCUT2D eigenvalue weighted by Gasteiger charge is 2.26. The number of benzene rings is 2. The van der Waals surface area contributed by atoms with Crippen LogP contribution in [-0.2, 0) is 6.54 Å². The molecular formula is C25H19N3O4S. The number of fused-ring (bicyclic) bond motifs is 2. The number of hydrogen-bond acceptors (Lipinski definition) is 7. The molecule has 0 bridgehead atoms. The third-order valence-electron chi connectivity index (χ3n) is 5.32. The Bertz CT molecular complexity index is 1540. The molecule has 5 rings (SSSR count). The standard InChI is InChI=1S/C25H19N3O4S/c1-15-9-10-20(31-2)21-22(15)33-25(27-21)28(14-16-6-5-11-26-13-16)23(29)18-12-17-7-3-4-8-19(17)32-24(18)30/h3-13H,14H2,1-2H3. The van der Waals surface area contributed by atoms with Crippen LogP contribution in [0.5, 0.6) is 5.75 Å². The van der Waals surface area contributed by atoms with Gasteiger partial charge in [0.1, 0.15) is 22.4 Å². The second kappa shape index (κ2) is 8.48. The van der Waals surface area contributed by atoms with E-state index in [1.807, 2.05) is 31.2 Å². The molecule has 0 unspecified atom stereocenters. The summed E-state index contributed by atoms with van der Waals surface area (Å²) in [5.41, 5.74) is 2.18. The number of ether oxygens (including phenoxy) is 1. The number of methoxy groups -OCH3 is 1. The van der Waals surface area contributed by atoms with Crippen molar-refractivity contribution in [1.82, 2.24) is 9.97 Å². The Balaban J connectivity index is 1.66. The molecule has 0 saturated carbocycles. The topological polar surface area (TPSA) is 85.5 Å². The fraction of sp³-hybridized carbons (Fsp3) is 0.120. The van der Waals surface area contributed by atoms with Gasteiger partial charge in [-0.1, -0.05) is 41.7 Å². The fourth-order valence-corrected chi connectivity index (χ4v) is 4.68. The molecule has 164 valence electrons. The fourth-order valence-electron chi connectivity index (χ4n) is 3.64. The molecule has 0 atom stereocenters. The molecule has 0 spiro atoms. The number of nitrogens with zero attached hydrogens (tertiary/aromatic N) is 3. The lowest BCUT2D eigenvalue weighted by Crippen LogP contribution is -2.33. The molecule has 3 heterocycles. The van der Waals surface area contributed by atoms with Gasteiger partial charge in [-0.05, 0) is 42.3 Å². The lowest BCUT2D eigenvalue weighted by Gasteiger charge is -2.19. The van der Waals surface area contributed by atoms with Crippen molar-refractivity contribution >= 4 is 43.6 Å². The van der Waals surface area contributed by atoms with Gasteiger partial charge in [-0.15, -0.1) is 0 Å². The normalized spacial score (nSPS) is 11.1. The van der Waals surface area contributed by atoms with Crippen LogP contribution in [-0.4, -0.2) is 23.0 Å². The molecule has 33 heavy (non-hydrogen) atoms. The molecule has 0 radical (unpaired) electrons. The number of amides is 1. The van der Waals surface area contributed by atoms with Crippen LogP contribution in [0.3, 0.4) is 0 Å². The number of hydrogen-bond donors (Lipinski definition) is 0. The molecule has 0 N–H and O–H groups in total. The van der Waals surface area contributed by atoms with E-state index in [1.54, 1.807) is 49.8 Å². The van der Waals surface area contributed by atoms with Crippen molar-refractivity contribution in [2.24, 2.45) is 0 Å². The Morgan fingerprint density at radius 2 is 2.00 bits per heavy atom. The smallest absolute Gasteiger partial charge is 0.349 e. The monoisotopic (exact) mass is 457 g/mol. The summed E-state index contributed by atoms with van der Waals surface area (Å²) in [5, 5.41) is 1.13. The van der Waals surface area contributed by atoms with Crippen molar-refractivity contribution in [2.75, 3.05) is 12.0 Å². The Morgan fingerprint density at radius 1 is 1.15 bits per heavy atom. The van der Waals surface area contributed by atoms with Gasteiger partial charge in [-0.3, -0.25) is 14.7 Å². The maximum absolute atomic E-state index is 13.7. The first kappa shape index (κ1) is 20.8. The van der Waals surface area contributed by atoms with Crippen molar-refractivity contribution in [3.8, 4) is 5.75 Å². The summed E-state index contributed by atoms with van der Waals surface area (Å²) in [4.78, 5) is 36.8. The number of carbonyl (C=O) groups excluding carboxylic acids is 1. The van der Waals surface area contributed by atoms with Gasteiger partial charge in [-0.2, -0.15) is 0 Å². The lowest BCUT2D eigenvalue weighted by molar-refractivity contribution is 0.0981. The predicted molar refractivity (Wildman–Crippen MR) is 128 cm³/mol. The third kappa shape index (κ3) is 3.85. The van der Waals surface area contributed by atoms with Gasteiger partial charge < -0.3 is 9.15 Å². The van der Waals surface area contributed by atoms with E-state index in [9.17, 15) is 9.59 Å². The second-order valence-electron chi connectivity index (χ2n) is 7.50. The molecule has 3 aromatic heterocycles. The largest absolute Gasteiger partial charge is 0.494 e. The van der Waals surface area contributed by atoms with E-state index >= 15 is 0 Å². The van der Waals surface area contributed by atoms with Crippen LogP contribution in [0, 0.1) is 6.92 Å². The Hall–Kier alpha value is -4.04. The third-order valence-corrected chi connectivity index (χ3v) is 6.54. The van der Waals surface area contributed by atoms with Crippen LogP contribution < -0.4 is 15.3 Å². The van der Waals surface area contributed by atoms with Crippen molar-refractivity contribution < 1.29 is 13.9 Å². The van der Waals surface area contributed by atoms with Crippen LogP contribution in [0.15, 0.2) is 76.2 Å². The van der Waals surface area contributed by atoms with Crippen molar-refractivity contribution in [3.63, 3.8) is 0 Å². The first-order chi connectivity index (χ1) is 16.0. The Kier molecular flexibility index (Phi) is 5.35. The van der Waals surface area contributed by atoms with E-state index in [0.29, 0.717) is 27.4 Å². The molecular weight excluding hydrogens is 438 g/mol. The summed E-state index contributed by atoms with van der Waals surface area (Å²) in [5.74, 6) is 0.131. The summed E-state index contributed by atoms with van der Waals surface area (Å²) >= 11 is 1.37. The predicted octanol–water partition coefficient (Wildman–Crippen LogP) is 4.96. The van der Waals surface area contributed by atoms with E-state index in [4.69, 9.17) is 14.1 Å². The van der Waals surface area contributed by atoms with Crippen LogP contribution >= 0.6 is 11.3 Å². The highest BCUT2D eigenvalue weighted by Crippen LogP contribution is 2.37. The number of rotatable bonds is 5. The number of aromatic nitrogens is 2. The van der Waals surface area contributed by atoms with E-state index in [1.165, 1.54) is 16.2 Å². The molecule has 7 nitrogen and oxygen atoms in total. The molecule has 0 aliphatic heterocycles. The maximum atomic E-state index is 13.7. The molecule has 1 amide bonds. The maximum Gasteiger partial charge on any atom is 0.349 e. The Morgan fingerprint density at radius 3 is 2.79 bits per heavy atom. The average Bonchev–Trinajstić information content (AvgIpc) is 3.29. The minimum absolute atomic E-state index is 0.0551. The van der Waals surface area contributed by atoms with Gasteiger partial charge in [0.05, 0.1) is 18.4 Å². The quantitative estimate of drug-likeness (QED) is 0.347. The zero-order chi connectivity index (χ0) is 22.9. The molecule has 0 aliphatic rings. The van der Waals surface area contributed by atoms with Gasteiger partial charge in [0.2, 0.25) is 0 Å². The van der Waals surface area contributed by atoms with E-state index in [-0.39, 0.29) is 12.1 Å². The van der Waals surface area contributed by atoms with Crippen molar-refractivity contribution in [1.29, 1.82) is 0 Å². The van der Waals surface area contributed by atoms with Gasteiger partial charge in [0, 0.05) is 17.8 Å². The average molecular weight is 458 g/mol. The number of anilines is 1. The molecule has 5 aromatic rings. The van der Waals surface area contributed by atoms with Crippen LogP contribution in [0.25, 0.3) is 21.2 Å². The number of para-hydroxylation sites is 1. The lowest BCUT2D eigenvalue weighted by atomic mass is 10.1. The van der Waals surface area contributed by atoms with Gasteiger partial charge in [-0.25, -0.2) is 9.78 Å². The van der Waals surface area contributed by atoms with Gasteiger partial charge in [0.25, 0.3) is 5.91 Å². The highest BCUT2D eigenvalue weighted by atomic mass is 32.1. The number of thiazole rings is 1. The van der Waals surface area contributed by atoms with Gasteiger partial charge in [0.15, 0.2) is 5.13 Å². The summed E-state index contributed by atoms with van der Waals surface area (Å²) in [6.07, 6.45) is 3.35. The van der Waals surface area contributed by atoms with Crippen LogP contribution in [0.2, 0.25) is 0 Å². The SMILES string of the molecule is COc1ccc(C)c2sc(N(Cc3cccnc3)C(=O)c3cc4ccccc4oc3=O)nc12. The summed E-state index contributed by atoms with van der Waals surface area (Å²) in [6, 6.07) is 16.1. The van der Waals surface area contributed by atoms with Crippen LogP contribution in [0.4, 0.5) is 5.13 Å². The van der Waals surface area contributed by atoms with E-state index in [2.05, 4.69) is 4.98 Å². The molecule has 2 aromatic carbocycles. The highest BCUT2D eigenvalue weighted by molar-refractivity contribution is 7.22. The van der Waals surface area contributed by atoms with Gasteiger partial charge >= 0.3 is 5.63 Å². The first-order valence-corrected chi connectivity index (χ1v) is 11.0. The summed E-state index contributed by atoms with van der Waals surface area (Å²) in [7, 11) is 1.59. The number of carbonyl (C=O) groups is 1. The summed E-state index contributed by atoms with van der Waals surface area (Å²) < 4.78 is 11.8. The van der Waals surface area contributed by atoms with Crippen LogP contribution in [0.1, 0.15) is 21.5 Å². The zero-order valence-electron chi connectivity index (χ0n) is 17.9. The second-order valence-corrected chi connectivity index (χ2v) is 8.47. The minimum Gasteiger partial charge on any atom is -0.494 e. The van der Waals surface area contributed by atoms with Crippen molar-refractivity contribution in [3.05, 3.63) is 94.1 Å². The molecule has 0 saturated heterocycles. The van der Waals surface area contributed by atoms with E-state index in [0.717, 1.165) is 15.8 Å². The first-order valence-electron chi connectivity index (χ1n) is 10.2. The van der Waals surface area contributed by atoms with E-state index < -0.39 is 11.5 Å². The summed E-state index contributed by atoms with van der Waals surface area (Å²) in [6.45, 7) is 2.18. The minimum atomic E-state index is -0.690. The zero-order valence-corrected chi connectivity index (χ0v) is 18.8. The molecule has 8 heteroatoms. The van der Waals surface area contributed by atoms with Crippen molar-refractivity contribution in [2.45, 2.75) is 13.5 Å². The number of aryl methyl sites for hydroxylation is 1. The Labute approximate surface area is 192 Å². The number of pyridine rings is 1. The molecule has 0 aliphatic carbocycles.